The molecule has 0 aromatic heterocycles. The molecule has 146 valence electrons. The fourth-order valence-electron chi connectivity index (χ4n) is 2.95. The molecule has 0 unspecified atom stereocenters. The fraction of sp³-hybridized carbons (Fsp3) is 0.238. The fourth-order valence-corrected chi connectivity index (χ4v) is 2.95. The van der Waals surface area contributed by atoms with Gasteiger partial charge < -0.3 is 24.4 Å². The van der Waals surface area contributed by atoms with Crippen LogP contribution in [0.2, 0.25) is 0 Å². The zero-order chi connectivity index (χ0) is 20.1. The lowest BCUT2D eigenvalue weighted by Gasteiger charge is -2.33. The summed E-state index contributed by atoms with van der Waals surface area (Å²) in [6, 6.07) is 12.5. The number of benzene rings is 2. The van der Waals surface area contributed by atoms with Crippen LogP contribution >= 0.6 is 0 Å². The minimum atomic E-state index is -0.765. The zero-order valence-electron chi connectivity index (χ0n) is 16.0. The molecule has 7 heteroatoms. The van der Waals surface area contributed by atoms with Crippen molar-refractivity contribution in [2.24, 2.45) is 0 Å². The Kier molecular flexibility index (Phi) is 5.84. The predicted molar refractivity (Wildman–Crippen MR) is 106 cm³/mol. The summed E-state index contributed by atoms with van der Waals surface area (Å²) in [6.07, 6.45) is 2.39. The second-order valence-electron chi connectivity index (χ2n) is 6.09. The smallest absolute Gasteiger partial charge is 0.262 e. The van der Waals surface area contributed by atoms with E-state index in [2.05, 4.69) is 5.32 Å². The van der Waals surface area contributed by atoms with Crippen molar-refractivity contribution in [2.45, 2.75) is 6.10 Å². The molecule has 1 aliphatic rings. The predicted octanol–water partition coefficient (Wildman–Crippen LogP) is 2.26. The molecular formula is C21H22N2O5. The Balaban J connectivity index is 1.85. The van der Waals surface area contributed by atoms with E-state index in [1.807, 2.05) is 12.1 Å². The average molecular weight is 382 g/mol. The molecule has 2 aromatic rings. The maximum absolute atomic E-state index is 12.9. The SMILES string of the molecule is CNC(=O)[C@H]1CN(C(=O)/C=C/c2ccc(OC)c(OC)c2)c2ccccc2O1. The first kappa shape index (κ1) is 19.3. The Morgan fingerprint density at radius 3 is 2.61 bits per heavy atom. The Labute approximate surface area is 163 Å². The van der Waals surface area contributed by atoms with Crippen molar-refractivity contribution < 1.29 is 23.8 Å². The standard InChI is InChI=1S/C21H22N2O5/c1-22-21(25)19-13-23(15-6-4-5-7-16(15)28-19)20(24)11-9-14-8-10-17(26-2)18(12-14)27-3/h4-12,19H,13H2,1-3H3,(H,22,25)/b11-9+/t19-/m1/s1. The van der Waals surface area contributed by atoms with Crippen molar-refractivity contribution >= 4 is 23.6 Å². The lowest BCUT2D eigenvalue weighted by molar-refractivity contribution is -0.127. The van der Waals surface area contributed by atoms with E-state index in [-0.39, 0.29) is 18.4 Å². The third-order valence-corrected chi connectivity index (χ3v) is 4.40. The molecule has 1 aliphatic heterocycles. The number of likely N-dealkylation sites (N-methyl/N-ethyl adjacent to an activating group) is 1. The van der Waals surface area contributed by atoms with Crippen molar-refractivity contribution in [3.63, 3.8) is 0 Å². The largest absolute Gasteiger partial charge is 0.493 e. The molecular weight excluding hydrogens is 360 g/mol. The molecule has 0 aliphatic carbocycles. The highest BCUT2D eigenvalue weighted by Gasteiger charge is 2.32. The number of para-hydroxylation sites is 2. The summed E-state index contributed by atoms with van der Waals surface area (Å²) in [6.45, 7) is 0.131. The Bertz CT molecular complexity index is 909. The van der Waals surface area contributed by atoms with E-state index < -0.39 is 6.10 Å². The molecule has 0 spiro atoms. The van der Waals surface area contributed by atoms with Crippen LogP contribution in [0.25, 0.3) is 6.08 Å². The third-order valence-electron chi connectivity index (χ3n) is 4.40. The minimum absolute atomic E-state index is 0.131. The molecule has 3 rings (SSSR count). The number of amides is 2. The quantitative estimate of drug-likeness (QED) is 0.803. The molecule has 2 aromatic carbocycles. The van der Waals surface area contributed by atoms with Crippen LogP contribution in [0.15, 0.2) is 48.5 Å². The van der Waals surface area contributed by atoms with E-state index in [1.54, 1.807) is 50.6 Å². The van der Waals surface area contributed by atoms with Gasteiger partial charge in [0.15, 0.2) is 17.6 Å². The molecule has 1 N–H and O–H groups in total. The second-order valence-corrected chi connectivity index (χ2v) is 6.09. The number of carbonyl (C=O) groups excluding carboxylic acids is 2. The first-order valence-corrected chi connectivity index (χ1v) is 8.76. The van der Waals surface area contributed by atoms with Crippen LogP contribution in [-0.2, 0) is 9.59 Å². The number of nitrogens with zero attached hydrogens (tertiary/aromatic N) is 1. The average Bonchev–Trinajstić information content (AvgIpc) is 2.75. The number of fused-ring (bicyclic) bond motifs is 1. The van der Waals surface area contributed by atoms with Gasteiger partial charge in [0.25, 0.3) is 11.8 Å². The summed E-state index contributed by atoms with van der Waals surface area (Å²) in [5, 5.41) is 2.56. The van der Waals surface area contributed by atoms with Crippen LogP contribution in [0.1, 0.15) is 5.56 Å². The monoisotopic (exact) mass is 382 g/mol. The van der Waals surface area contributed by atoms with Gasteiger partial charge in [-0.25, -0.2) is 0 Å². The summed E-state index contributed by atoms with van der Waals surface area (Å²) >= 11 is 0. The molecule has 0 radical (unpaired) electrons. The topological polar surface area (TPSA) is 77.1 Å². The van der Waals surface area contributed by atoms with Crippen molar-refractivity contribution in [3.05, 3.63) is 54.1 Å². The highest BCUT2D eigenvalue weighted by molar-refractivity contribution is 6.05. The first-order chi connectivity index (χ1) is 13.6. The van der Waals surface area contributed by atoms with E-state index in [0.717, 1.165) is 5.56 Å². The molecule has 0 saturated heterocycles. The van der Waals surface area contributed by atoms with Crippen molar-refractivity contribution in [2.75, 3.05) is 32.7 Å². The summed E-state index contributed by atoms with van der Waals surface area (Å²) in [4.78, 5) is 26.4. The van der Waals surface area contributed by atoms with Crippen LogP contribution < -0.4 is 24.4 Å². The number of nitrogens with one attached hydrogen (secondary N) is 1. The molecule has 0 bridgehead atoms. The van der Waals surface area contributed by atoms with Gasteiger partial charge in [-0.1, -0.05) is 18.2 Å². The van der Waals surface area contributed by atoms with Gasteiger partial charge in [-0.15, -0.1) is 0 Å². The third kappa shape index (κ3) is 3.93. The molecule has 1 atom stereocenters. The Hall–Kier alpha value is -3.48. The van der Waals surface area contributed by atoms with Gasteiger partial charge in [0.05, 0.1) is 26.5 Å². The number of hydrogen-bond acceptors (Lipinski definition) is 5. The molecule has 0 saturated carbocycles. The molecule has 28 heavy (non-hydrogen) atoms. The summed E-state index contributed by atoms with van der Waals surface area (Å²) < 4.78 is 16.2. The van der Waals surface area contributed by atoms with Gasteiger partial charge >= 0.3 is 0 Å². The van der Waals surface area contributed by atoms with E-state index in [9.17, 15) is 9.59 Å². The maximum atomic E-state index is 12.9. The van der Waals surface area contributed by atoms with Gasteiger partial charge in [0.2, 0.25) is 0 Å². The van der Waals surface area contributed by atoms with E-state index in [1.165, 1.54) is 18.0 Å². The number of anilines is 1. The minimum Gasteiger partial charge on any atom is -0.493 e. The lowest BCUT2D eigenvalue weighted by Crippen LogP contribution is -2.49. The summed E-state index contributed by atoms with van der Waals surface area (Å²) in [7, 11) is 4.66. The van der Waals surface area contributed by atoms with Crippen molar-refractivity contribution in [1.82, 2.24) is 5.32 Å². The lowest BCUT2D eigenvalue weighted by atomic mass is 10.1. The number of hydrogen-bond donors (Lipinski definition) is 1. The highest BCUT2D eigenvalue weighted by atomic mass is 16.5. The molecule has 7 nitrogen and oxygen atoms in total. The van der Waals surface area contributed by atoms with E-state index >= 15 is 0 Å². The van der Waals surface area contributed by atoms with Crippen LogP contribution in [0, 0.1) is 0 Å². The van der Waals surface area contributed by atoms with Crippen LogP contribution in [0.5, 0.6) is 17.2 Å². The van der Waals surface area contributed by atoms with E-state index in [0.29, 0.717) is 22.9 Å². The van der Waals surface area contributed by atoms with Crippen molar-refractivity contribution in [1.29, 1.82) is 0 Å². The van der Waals surface area contributed by atoms with Crippen LogP contribution in [-0.4, -0.2) is 45.7 Å². The van der Waals surface area contributed by atoms with Gasteiger partial charge in [0, 0.05) is 13.1 Å². The van der Waals surface area contributed by atoms with Crippen molar-refractivity contribution in [3.8, 4) is 17.2 Å². The van der Waals surface area contributed by atoms with Crippen LogP contribution in [0.4, 0.5) is 5.69 Å². The van der Waals surface area contributed by atoms with Crippen LogP contribution in [0.3, 0.4) is 0 Å². The second kappa shape index (κ2) is 8.47. The number of carbonyl (C=O) groups is 2. The Morgan fingerprint density at radius 2 is 1.89 bits per heavy atom. The summed E-state index contributed by atoms with van der Waals surface area (Å²) in [5.41, 5.74) is 1.42. The number of ether oxygens (including phenoxy) is 3. The normalized spacial score (nSPS) is 15.5. The summed E-state index contributed by atoms with van der Waals surface area (Å²) in [5.74, 6) is 1.15. The van der Waals surface area contributed by atoms with Gasteiger partial charge in [0.1, 0.15) is 5.75 Å². The molecule has 1 heterocycles. The zero-order valence-corrected chi connectivity index (χ0v) is 16.0. The maximum Gasteiger partial charge on any atom is 0.262 e. The van der Waals surface area contributed by atoms with Gasteiger partial charge in [-0.3, -0.25) is 9.59 Å². The number of rotatable bonds is 5. The van der Waals surface area contributed by atoms with Gasteiger partial charge in [-0.2, -0.15) is 0 Å². The highest BCUT2D eigenvalue weighted by Crippen LogP contribution is 2.33. The molecule has 2 amide bonds. The molecule has 0 fully saturated rings. The van der Waals surface area contributed by atoms with Gasteiger partial charge in [-0.05, 0) is 35.9 Å². The first-order valence-electron chi connectivity index (χ1n) is 8.76. The van der Waals surface area contributed by atoms with E-state index in [4.69, 9.17) is 14.2 Å². The Morgan fingerprint density at radius 1 is 1.14 bits per heavy atom. The number of methoxy groups -OCH3 is 2.